The smallest absolute Gasteiger partial charge is 0.273 e. The maximum Gasteiger partial charge on any atom is 0.273 e. The Kier molecular flexibility index (Phi) is 7.07. The number of amides is 1. The van der Waals surface area contributed by atoms with Crippen LogP contribution >= 0.6 is 24.8 Å². The number of carbonyl (C=O) groups excluding carboxylic acids is 1. The van der Waals surface area contributed by atoms with Gasteiger partial charge in [-0.15, -0.1) is 24.8 Å². The number of piperidine rings is 1. The van der Waals surface area contributed by atoms with Crippen LogP contribution in [0.5, 0.6) is 0 Å². The van der Waals surface area contributed by atoms with Crippen molar-refractivity contribution in [3.8, 4) is 0 Å². The van der Waals surface area contributed by atoms with Crippen LogP contribution < -0.4 is 5.32 Å². The lowest BCUT2D eigenvalue weighted by atomic mass is 10.0. The predicted octanol–water partition coefficient (Wildman–Crippen LogP) is 2.90. The number of hydrogen-bond donors (Lipinski definition) is 1. The lowest BCUT2D eigenvalue weighted by Gasteiger charge is -2.32. The molecule has 120 valence electrons. The van der Waals surface area contributed by atoms with E-state index >= 15 is 0 Å². The van der Waals surface area contributed by atoms with Gasteiger partial charge in [-0.2, -0.15) is 0 Å². The van der Waals surface area contributed by atoms with Crippen molar-refractivity contribution in [2.45, 2.75) is 18.9 Å². The number of hydrogen-bond acceptors (Lipinski definition) is 3. The number of aromatic nitrogens is 1. The fourth-order valence-corrected chi connectivity index (χ4v) is 2.84. The van der Waals surface area contributed by atoms with Crippen LogP contribution in [-0.2, 0) is 0 Å². The molecule has 1 aliphatic rings. The zero-order valence-electron chi connectivity index (χ0n) is 12.5. The van der Waals surface area contributed by atoms with Gasteiger partial charge in [0.1, 0.15) is 5.69 Å². The quantitative estimate of drug-likeness (QED) is 0.913. The molecule has 0 bridgehead atoms. The molecule has 2 heterocycles. The maximum atomic E-state index is 12.7. The zero-order chi connectivity index (χ0) is 13.9. The van der Waals surface area contributed by atoms with Gasteiger partial charge in [0, 0.05) is 30.7 Å². The number of benzene rings is 1. The molecule has 1 N–H and O–H groups in total. The van der Waals surface area contributed by atoms with Gasteiger partial charge in [-0.25, -0.2) is 0 Å². The molecule has 3 rings (SSSR count). The summed E-state index contributed by atoms with van der Waals surface area (Å²) in [5.74, 6) is 0.0433. The fraction of sp³-hybridized carbons (Fsp3) is 0.375. The number of likely N-dealkylation sites (tertiary alicyclic amines) is 1. The van der Waals surface area contributed by atoms with Crippen molar-refractivity contribution in [1.82, 2.24) is 15.2 Å². The van der Waals surface area contributed by atoms with Crippen molar-refractivity contribution in [3.63, 3.8) is 0 Å². The first kappa shape index (κ1) is 18.7. The van der Waals surface area contributed by atoms with Crippen LogP contribution in [0, 0.1) is 0 Å². The lowest BCUT2D eigenvalue weighted by Crippen LogP contribution is -2.47. The Morgan fingerprint density at radius 1 is 1.27 bits per heavy atom. The van der Waals surface area contributed by atoms with Gasteiger partial charge in [0.15, 0.2) is 0 Å². The number of halogens is 2. The van der Waals surface area contributed by atoms with Crippen molar-refractivity contribution in [2.24, 2.45) is 0 Å². The summed E-state index contributed by atoms with van der Waals surface area (Å²) in [6.07, 6.45) is 3.89. The van der Waals surface area contributed by atoms with Gasteiger partial charge in [-0.3, -0.25) is 9.78 Å². The summed E-state index contributed by atoms with van der Waals surface area (Å²) in [6.45, 7) is 1.59. The molecule has 1 fully saturated rings. The summed E-state index contributed by atoms with van der Waals surface area (Å²) < 4.78 is 0. The molecular weight excluding hydrogens is 321 g/mol. The number of fused-ring (bicyclic) bond motifs is 1. The number of rotatable bonds is 2. The van der Waals surface area contributed by atoms with Gasteiger partial charge < -0.3 is 10.2 Å². The van der Waals surface area contributed by atoms with E-state index in [9.17, 15) is 4.79 Å². The normalized spacial score (nSPS) is 17.5. The fourth-order valence-electron chi connectivity index (χ4n) is 2.84. The van der Waals surface area contributed by atoms with E-state index < -0.39 is 0 Å². The molecule has 1 aliphatic heterocycles. The maximum absolute atomic E-state index is 12.7. The highest BCUT2D eigenvalue weighted by Gasteiger charge is 2.25. The molecule has 1 aromatic carbocycles. The minimum Gasteiger partial charge on any atom is -0.336 e. The second-order valence-corrected chi connectivity index (χ2v) is 5.26. The third-order valence-electron chi connectivity index (χ3n) is 3.99. The number of pyridine rings is 1. The Balaban J connectivity index is 0.00000121. The van der Waals surface area contributed by atoms with Crippen LogP contribution in [0.3, 0.4) is 0 Å². The summed E-state index contributed by atoms with van der Waals surface area (Å²) in [6, 6.07) is 10.2. The van der Waals surface area contributed by atoms with Crippen molar-refractivity contribution in [3.05, 3.63) is 42.2 Å². The van der Waals surface area contributed by atoms with E-state index in [2.05, 4.69) is 10.3 Å². The summed E-state index contributed by atoms with van der Waals surface area (Å²) in [5, 5.41) is 5.26. The van der Waals surface area contributed by atoms with E-state index in [-0.39, 0.29) is 30.7 Å². The second kappa shape index (κ2) is 8.32. The van der Waals surface area contributed by atoms with Crippen LogP contribution in [0.15, 0.2) is 36.5 Å². The molecule has 1 atom stereocenters. The molecular formula is C16H21Cl2N3O. The molecule has 2 aromatic rings. The average Bonchev–Trinajstić information content (AvgIpc) is 2.53. The molecule has 22 heavy (non-hydrogen) atoms. The number of likely N-dealkylation sites (N-methyl/N-ethyl adjacent to an activating group) is 1. The Labute approximate surface area is 143 Å². The first-order valence-corrected chi connectivity index (χ1v) is 7.10. The highest BCUT2D eigenvalue weighted by Crippen LogP contribution is 2.19. The highest BCUT2D eigenvalue weighted by molar-refractivity contribution is 6.05. The van der Waals surface area contributed by atoms with Gasteiger partial charge >= 0.3 is 0 Å². The van der Waals surface area contributed by atoms with Gasteiger partial charge in [0.05, 0.1) is 0 Å². The molecule has 0 radical (unpaired) electrons. The molecule has 6 heteroatoms. The summed E-state index contributed by atoms with van der Waals surface area (Å²) in [5.41, 5.74) is 0.569. The van der Waals surface area contributed by atoms with E-state index in [1.165, 1.54) is 0 Å². The molecule has 0 spiro atoms. The van der Waals surface area contributed by atoms with Crippen LogP contribution in [-0.4, -0.2) is 42.0 Å². The predicted molar refractivity (Wildman–Crippen MR) is 94.2 cm³/mol. The average molecular weight is 342 g/mol. The van der Waals surface area contributed by atoms with Crippen molar-refractivity contribution < 1.29 is 4.79 Å². The van der Waals surface area contributed by atoms with E-state index in [1.54, 1.807) is 6.20 Å². The summed E-state index contributed by atoms with van der Waals surface area (Å²) >= 11 is 0. The van der Waals surface area contributed by atoms with Crippen molar-refractivity contribution in [1.29, 1.82) is 0 Å². The molecule has 4 nitrogen and oxygen atoms in total. The molecule has 1 saturated heterocycles. The van der Waals surface area contributed by atoms with Crippen LogP contribution in [0.1, 0.15) is 23.3 Å². The largest absolute Gasteiger partial charge is 0.336 e. The third-order valence-corrected chi connectivity index (χ3v) is 3.99. The second-order valence-electron chi connectivity index (χ2n) is 5.26. The molecule has 1 unspecified atom stereocenters. The number of carbonyl (C=O) groups is 1. The Bertz CT molecular complexity index is 630. The standard InChI is InChI=1S/C16H19N3O.2ClH/c1-17-13-6-4-10-19(11-13)16(20)15-14-7-3-2-5-12(14)8-9-18-15;;/h2-3,5,7-9,13,17H,4,6,10-11H2,1H3;2*1H. The molecule has 1 aromatic heterocycles. The highest BCUT2D eigenvalue weighted by atomic mass is 35.5. The van der Waals surface area contributed by atoms with E-state index in [0.717, 1.165) is 36.7 Å². The zero-order valence-corrected chi connectivity index (χ0v) is 14.1. The van der Waals surface area contributed by atoms with Gasteiger partial charge in [0.2, 0.25) is 0 Å². The van der Waals surface area contributed by atoms with Crippen molar-refractivity contribution in [2.75, 3.05) is 20.1 Å². The van der Waals surface area contributed by atoms with Crippen molar-refractivity contribution >= 4 is 41.5 Å². The summed E-state index contributed by atoms with van der Waals surface area (Å²) in [4.78, 5) is 18.9. The van der Waals surface area contributed by atoms with E-state index in [4.69, 9.17) is 0 Å². The number of nitrogens with one attached hydrogen (secondary N) is 1. The van der Waals surface area contributed by atoms with Crippen LogP contribution in [0.25, 0.3) is 10.8 Å². The van der Waals surface area contributed by atoms with Gasteiger partial charge in [-0.05, 0) is 31.3 Å². The Morgan fingerprint density at radius 3 is 2.82 bits per heavy atom. The monoisotopic (exact) mass is 341 g/mol. The summed E-state index contributed by atoms with van der Waals surface area (Å²) in [7, 11) is 1.95. The minimum atomic E-state index is 0. The van der Waals surface area contributed by atoms with E-state index in [1.807, 2.05) is 42.3 Å². The Hall–Kier alpha value is -1.36. The lowest BCUT2D eigenvalue weighted by molar-refractivity contribution is 0.0694. The number of nitrogens with zero attached hydrogens (tertiary/aromatic N) is 2. The van der Waals surface area contributed by atoms with Gasteiger partial charge in [0.25, 0.3) is 5.91 Å². The van der Waals surface area contributed by atoms with E-state index in [0.29, 0.717) is 11.7 Å². The molecule has 0 aliphatic carbocycles. The van der Waals surface area contributed by atoms with Crippen LogP contribution in [0.4, 0.5) is 0 Å². The molecule has 0 saturated carbocycles. The topological polar surface area (TPSA) is 45.2 Å². The minimum absolute atomic E-state index is 0. The SMILES string of the molecule is CNC1CCCN(C(=O)c2nccc3ccccc23)C1.Cl.Cl. The Morgan fingerprint density at radius 2 is 2.05 bits per heavy atom. The molecule has 1 amide bonds. The van der Waals surface area contributed by atoms with Crippen LogP contribution in [0.2, 0.25) is 0 Å². The third kappa shape index (κ3) is 3.69. The first-order valence-electron chi connectivity index (χ1n) is 7.10. The first-order chi connectivity index (χ1) is 9.79. The van der Waals surface area contributed by atoms with Gasteiger partial charge in [-0.1, -0.05) is 24.3 Å².